The third-order valence-corrected chi connectivity index (χ3v) is 2.70. The number of nitrogens with one attached hydrogen (secondary N) is 1. The summed E-state index contributed by atoms with van der Waals surface area (Å²) in [5, 5.41) is 3.36. The summed E-state index contributed by atoms with van der Waals surface area (Å²) in [5.74, 6) is 0.900. The number of unbranched alkanes of at least 4 members (excludes halogenated alkanes) is 1. The molecule has 0 amide bonds. The number of benzene rings is 1. The zero-order valence-corrected chi connectivity index (χ0v) is 11.8. The average molecular weight is 250 g/mol. The Morgan fingerprint density at radius 1 is 1.33 bits per heavy atom. The van der Waals surface area contributed by atoms with Crippen LogP contribution in [-0.4, -0.2) is 18.7 Å². The minimum atomic E-state index is 0.201. The van der Waals surface area contributed by atoms with Crippen LogP contribution in [0.3, 0.4) is 0 Å². The first kappa shape index (κ1) is 14.8. The standard InChI is InChI=1S/C15H26N2O/c1-4-5-7-13(16)11-17-14-8-6-9-15(10-14)18-12(2)3/h6,8-10,12-13,17H,4-5,7,11,16H2,1-3H3. The zero-order chi connectivity index (χ0) is 13.4. The highest BCUT2D eigenvalue weighted by Crippen LogP contribution is 2.18. The van der Waals surface area contributed by atoms with Gasteiger partial charge < -0.3 is 15.8 Å². The number of hydrogen-bond donors (Lipinski definition) is 2. The van der Waals surface area contributed by atoms with Gasteiger partial charge in [0.1, 0.15) is 5.75 Å². The molecule has 0 aromatic heterocycles. The summed E-state index contributed by atoms with van der Waals surface area (Å²) in [4.78, 5) is 0. The molecule has 0 aliphatic carbocycles. The molecule has 0 bridgehead atoms. The molecule has 1 aromatic carbocycles. The van der Waals surface area contributed by atoms with Crippen LogP contribution in [0.5, 0.6) is 5.75 Å². The topological polar surface area (TPSA) is 47.3 Å². The van der Waals surface area contributed by atoms with Crippen LogP contribution in [-0.2, 0) is 0 Å². The van der Waals surface area contributed by atoms with Crippen molar-refractivity contribution in [1.82, 2.24) is 0 Å². The van der Waals surface area contributed by atoms with E-state index in [1.54, 1.807) is 0 Å². The van der Waals surface area contributed by atoms with E-state index in [0.29, 0.717) is 0 Å². The molecular formula is C15H26N2O. The minimum Gasteiger partial charge on any atom is -0.491 e. The maximum Gasteiger partial charge on any atom is 0.121 e. The Morgan fingerprint density at radius 3 is 2.78 bits per heavy atom. The highest BCUT2D eigenvalue weighted by molar-refractivity contribution is 5.48. The Labute approximate surface area is 111 Å². The fourth-order valence-electron chi connectivity index (χ4n) is 1.77. The van der Waals surface area contributed by atoms with E-state index in [4.69, 9.17) is 10.5 Å². The van der Waals surface area contributed by atoms with Crippen molar-refractivity contribution < 1.29 is 4.74 Å². The van der Waals surface area contributed by atoms with Crippen LogP contribution in [0.15, 0.2) is 24.3 Å². The second-order valence-electron chi connectivity index (χ2n) is 4.98. The lowest BCUT2D eigenvalue weighted by atomic mass is 10.1. The molecule has 0 spiro atoms. The van der Waals surface area contributed by atoms with Crippen molar-refractivity contribution >= 4 is 5.69 Å². The van der Waals surface area contributed by atoms with Gasteiger partial charge in [-0.3, -0.25) is 0 Å². The van der Waals surface area contributed by atoms with Crippen molar-refractivity contribution in [2.24, 2.45) is 5.73 Å². The van der Waals surface area contributed by atoms with E-state index in [9.17, 15) is 0 Å². The van der Waals surface area contributed by atoms with Crippen LogP contribution in [0.2, 0.25) is 0 Å². The normalized spacial score (nSPS) is 12.5. The molecule has 1 aromatic rings. The van der Waals surface area contributed by atoms with Gasteiger partial charge in [0.2, 0.25) is 0 Å². The summed E-state index contributed by atoms with van der Waals surface area (Å²) in [6, 6.07) is 8.26. The molecule has 0 radical (unpaired) electrons. The van der Waals surface area contributed by atoms with Crippen molar-refractivity contribution in [3.8, 4) is 5.75 Å². The van der Waals surface area contributed by atoms with Crippen LogP contribution in [0.4, 0.5) is 5.69 Å². The predicted octanol–water partition coefficient (Wildman–Crippen LogP) is 3.40. The number of nitrogens with two attached hydrogens (primary N) is 1. The summed E-state index contributed by atoms with van der Waals surface area (Å²) < 4.78 is 5.66. The molecule has 3 nitrogen and oxygen atoms in total. The van der Waals surface area contributed by atoms with Crippen LogP contribution in [0.1, 0.15) is 40.0 Å². The Morgan fingerprint density at radius 2 is 2.11 bits per heavy atom. The van der Waals surface area contributed by atoms with Gasteiger partial charge >= 0.3 is 0 Å². The summed E-state index contributed by atoms with van der Waals surface area (Å²) in [5.41, 5.74) is 7.10. The molecule has 0 saturated heterocycles. The smallest absolute Gasteiger partial charge is 0.121 e. The van der Waals surface area contributed by atoms with E-state index in [1.165, 1.54) is 12.8 Å². The Balaban J connectivity index is 2.42. The van der Waals surface area contributed by atoms with Crippen LogP contribution < -0.4 is 15.8 Å². The molecule has 3 heteroatoms. The molecule has 1 rings (SSSR count). The first-order valence-corrected chi connectivity index (χ1v) is 6.88. The lowest BCUT2D eigenvalue weighted by molar-refractivity contribution is 0.242. The summed E-state index contributed by atoms with van der Waals surface area (Å²) in [6.07, 6.45) is 3.67. The van der Waals surface area contributed by atoms with Crippen LogP contribution in [0.25, 0.3) is 0 Å². The molecule has 1 unspecified atom stereocenters. The zero-order valence-electron chi connectivity index (χ0n) is 11.8. The fourth-order valence-corrected chi connectivity index (χ4v) is 1.77. The maximum atomic E-state index is 6.03. The predicted molar refractivity (Wildman–Crippen MR) is 78.2 cm³/mol. The summed E-state index contributed by atoms with van der Waals surface area (Å²) in [6.45, 7) is 7.06. The monoisotopic (exact) mass is 250 g/mol. The first-order valence-electron chi connectivity index (χ1n) is 6.88. The quantitative estimate of drug-likeness (QED) is 0.743. The molecule has 102 valence electrons. The van der Waals surface area contributed by atoms with Gasteiger partial charge in [0.25, 0.3) is 0 Å². The highest BCUT2D eigenvalue weighted by atomic mass is 16.5. The van der Waals surface area contributed by atoms with Crippen molar-refractivity contribution in [2.45, 2.75) is 52.2 Å². The highest BCUT2D eigenvalue weighted by Gasteiger charge is 2.03. The van der Waals surface area contributed by atoms with E-state index < -0.39 is 0 Å². The molecule has 0 fully saturated rings. The van der Waals surface area contributed by atoms with Crippen LogP contribution >= 0.6 is 0 Å². The van der Waals surface area contributed by atoms with E-state index in [1.807, 2.05) is 38.1 Å². The fraction of sp³-hybridized carbons (Fsp3) is 0.600. The second kappa shape index (κ2) is 7.98. The van der Waals surface area contributed by atoms with E-state index in [2.05, 4.69) is 12.2 Å². The number of anilines is 1. The van der Waals surface area contributed by atoms with Gasteiger partial charge in [0.05, 0.1) is 6.10 Å². The van der Waals surface area contributed by atoms with Gasteiger partial charge in [-0.15, -0.1) is 0 Å². The van der Waals surface area contributed by atoms with E-state index in [-0.39, 0.29) is 12.1 Å². The van der Waals surface area contributed by atoms with Gasteiger partial charge in [-0.25, -0.2) is 0 Å². The average Bonchev–Trinajstić information content (AvgIpc) is 2.33. The lowest BCUT2D eigenvalue weighted by Crippen LogP contribution is -2.28. The Bertz CT molecular complexity index is 339. The number of ether oxygens (including phenoxy) is 1. The van der Waals surface area contributed by atoms with Crippen LogP contribution in [0, 0.1) is 0 Å². The third kappa shape index (κ3) is 5.92. The Hall–Kier alpha value is -1.22. The largest absolute Gasteiger partial charge is 0.491 e. The van der Waals surface area contributed by atoms with Gasteiger partial charge in [-0.05, 0) is 32.4 Å². The Kier molecular flexibility index (Phi) is 6.58. The number of rotatable bonds is 8. The molecule has 0 saturated carbocycles. The minimum absolute atomic E-state index is 0.201. The second-order valence-corrected chi connectivity index (χ2v) is 4.98. The van der Waals surface area contributed by atoms with E-state index >= 15 is 0 Å². The molecule has 18 heavy (non-hydrogen) atoms. The molecule has 1 atom stereocenters. The lowest BCUT2D eigenvalue weighted by Gasteiger charge is -2.15. The van der Waals surface area contributed by atoms with Gasteiger partial charge in [0.15, 0.2) is 0 Å². The first-order chi connectivity index (χ1) is 8.61. The van der Waals surface area contributed by atoms with Gasteiger partial charge in [-0.2, -0.15) is 0 Å². The van der Waals surface area contributed by atoms with Crippen molar-refractivity contribution in [1.29, 1.82) is 0 Å². The molecule has 0 heterocycles. The summed E-state index contributed by atoms with van der Waals surface area (Å²) >= 11 is 0. The van der Waals surface area contributed by atoms with Crippen molar-refractivity contribution in [3.05, 3.63) is 24.3 Å². The maximum absolute atomic E-state index is 6.03. The van der Waals surface area contributed by atoms with E-state index in [0.717, 1.165) is 24.4 Å². The van der Waals surface area contributed by atoms with Crippen molar-refractivity contribution in [2.75, 3.05) is 11.9 Å². The third-order valence-electron chi connectivity index (χ3n) is 2.70. The SMILES string of the molecule is CCCCC(N)CNc1cccc(OC(C)C)c1. The molecular weight excluding hydrogens is 224 g/mol. The van der Waals surface area contributed by atoms with Crippen molar-refractivity contribution in [3.63, 3.8) is 0 Å². The van der Waals surface area contributed by atoms with Gasteiger partial charge in [0, 0.05) is 24.3 Å². The molecule has 3 N–H and O–H groups in total. The summed E-state index contributed by atoms with van der Waals surface area (Å²) in [7, 11) is 0. The van der Waals surface area contributed by atoms with Gasteiger partial charge in [-0.1, -0.05) is 25.8 Å². The molecule has 0 aliphatic rings. The molecule has 0 aliphatic heterocycles. The number of hydrogen-bond acceptors (Lipinski definition) is 3.